The Balaban J connectivity index is 1.40. The van der Waals surface area contributed by atoms with Crippen molar-refractivity contribution in [1.29, 1.82) is 0 Å². The van der Waals surface area contributed by atoms with Crippen molar-refractivity contribution in [3.8, 4) is 5.69 Å². The van der Waals surface area contributed by atoms with Crippen LogP contribution in [0.25, 0.3) is 5.69 Å². The minimum absolute atomic E-state index is 0.0311. The van der Waals surface area contributed by atoms with Crippen molar-refractivity contribution in [2.75, 3.05) is 18.1 Å². The van der Waals surface area contributed by atoms with Gasteiger partial charge in [-0.25, -0.2) is 4.39 Å². The van der Waals surface area contributed by atoms with E-state index in [1.807, 2.05) is 10.6 Å². The first-order chi connectivity index (χ1) is 14.0. The number of hydrogen-bond donors (Lipinski definition) is 1. The molecular weight excluding hydrogens is 407 g/mol. The molecule has 8 heteroatoms. The summed E-state index contributed by atoms with van der Waals surface area (Å²) < 4.78 is 14.8. The van der Waals surface area contributed by atoms with Crippen LogP contribution in [0.5, 0.6) is 0 Å². The van der Waals surface area contributed by atoms with Crippen molar-refractivity contribution in [2.45, 2.75) is 30.3 Å². The minimum Gasteiger partial charge on any atom is -0.355 e. The number of halogens is 1. The molecule has 0 aliphatic carbocycles. The molecule has 1 N–H and O–H groups in total. The summed E-state index contributed by atoms with van der Waals surface area (Å²) in [4.78, 5) is 13.1. The number of thioether (sulfide) groups is 2. The predicted molar refractivity (Wildman–Crippen MR) is 116 cm³/mol. The zero-order chi connectivity index (χ0) is 20.6. The third kappa shape index (κ3) is 6.33. The van der Waals surface area contributed by atoms with Gasteiger partial charge in [0.05, 0.1) is 5.75 Å². The Kier molecular flexibility index (Phi) is 7.71. The minimum atomic E-state index is -0.229. The van der Waals surface area contributed by atoms with Crippen LogP contribution in [-0.2, 0) is 4.79 Å². The quantitative estimate of drug-likeness (QED) is 0.402. The summed E-state index contributed by atoms with van der Waals surface area (Å²) in [6, 6.07) is 12.6. The Bertz CT molecular complexity index is 960. The third-order valence-electron chi connectivity index (χ3n) is 4.34. The van der Waals surface area contributed by atoms with Gasteiger partial charge in [-0.15, -0.1) is 22.0 Å². The Labute approximate surface area is 178 Å². The van der Waals surface area contributed by atoms with Crippen molar-refractivity contribution in [2.24, 2.45) is 0 Å². The number of carbonyl (C=O) groups excluding carboxylic acids is 1. The molecule has 5 nitrogen and oxygen atoms in total. The number of amides is 1. The van der Waals surface area contributed by atoms with Crippen LogP contribution in [0, 0.1) is 19.7 Å². The van der Waals surface area contributed by atoms with Crippen LogP contribution < -0.4 is 5.32 Å². The molecule has 29 heavy (non-hydrogen) atoms. The van der Waals surface area contributed by atoms with Crippen molar-refractivity contribution >= 4 is 29.4 Å². The Morgan fingerprint density at radius 2 is 1.90 bits per heavy atom. The predicted octanol–water partition coefficient (Wildman–Crippen LogP) is 4.41. The van der Waals surface area contributed by atoms with E-state index < -0.39 is 0 Å². The number of benzene rings is 2. The van der Waals surface area contributed by atoms with Gasteiger partial charge in [0.1, 0.15) is 12.1 Å². The summed E-state index contributed by atoms with van der Waals surface area (Å²) in [5, 5.41) is 11.7. The third-order valence-corrected chi connectivity index (χ3v) is 6.38. The molecule has 3 rings (SSSR count). The molecule has 0 aliphatic heterocycles. The summed E-state index contributed by atoms with van der Waals surface area (Å²) >= 11 is 3.01. The first-order valence-electron chi connectivity index (χ1n) is 9.28. The number of aryl methyl sites for hydroxylation is 2. The molecule has 0 radical (unpaired) electrons. The molecule has 1 heterocycles. The average molecular weight is 431 g/mol. The van der Waals surface area contributed by atoms with E-state index in [9.17, 15) is 9.18 Å². The van der Waals surface area contributed by atoms with Gasteiger partial charge in [0, 0.05) is 17.1 Å². The Morgan fingerprint density at radius 1 is 1.10 bits per heavy atom. The van der Waals surface area contributed by atoms with Crippen molar-refractivity contribution in [1.82, 2.24) is 20.1 Å². The molecule has 152 valence electrons. The van der Waals surface area contributed by atoms with Crippen molar-refractivity contribution in [3.05, 3.63) is 65.7 Å². The Morgan fingerprint density at radius 3 is 2.66 bits per heavy atom. The number of nitrogens with zero attached hydrogens (tertiary/aromatic N) is 3. The number of hydrogen-bond acceptors (Lipinski definition) is 5. The maximum absolute atomic E-state index is 12.9. The zero-order valence-corrected chi connectivity index (χ0v) is 18.0. The second-order valence-corrected chi connectivity index (χ2v) is 8.66. The van der Waals surface area contributed by atoms with Gasteiger partial charge in [-0.05, 0) is 73.5 Å². The normalized spacial score (nSPS) is 10.9. The van der Waals surface area contributed by atoms with Gasteiger partial charge in [-0.1, -0.05) is 17.8 Å². The van der Waals surface area contributed by atoms with E-state index in [-0.39, 0.29) is 17.5 Å². The summed E-state index contributed by atoms with van der Waals surface area (Å²) in [5.74, 6) is 0.887. The highest BCUT2D eigenvalue weighted by molar-refractivity contribution is 7.99. The lowest BCUT2D eigenvalue weighted by Crippen LogP contribution is -2.26. The molecule has 0 atom stereocenters. The number of nitrogens with one attached hydrogen (secondary N) is 1. The average Bonchev–Trinajstić information content (AvgIpc) is 3.18. The maximum Gasteiger partial charge on any atom is 0.230 e. The fourth-order valence-corrected chi connectivity index (χ4v) is 4.19. The van der Waals surface area contributed by atoms with E-state index in [0.29, 0.717) is 11.7 Å². The van der Waals surface area contributed by atoms with Crippen LogP contribution in [-0.4, -0.2) is 38.7 Å². The molecule has 1 amide bonds. The lowest BCUT2D eigenvalue weighted by molar-refractivity contribution is -0.118. The Hall–Kier alpha value is -2.32. The van der Waals surface area contributed by atoms with Crippen LogP contribution in [0.4, 0.5) is 4.39 Å². The van der Waals surface area contributed by atoms with Crippen LogP contribution in [0.2, 0.25) is 0 Å². The second-order valence-electron chi connectivity index (χ2n) is 6.55. The number of carbonyl (C=O) groups is 1. The molecule has 0 spiro atoms. The first-order valence-corrected chi connectivity index (χ1v) is 11.3. The van der Waals surface area contributed by atoms with Crippen LogP contribution in [0.15, 0.2) is 58.8 Å². The van der Waals surface area contributed by atoms with Gasteiger partial charge < -0.3 is 5.32 Å². The summed E-state index contributed by atoms with van der Waals surface area (Å²) in [6.07, 6.45) is 2.51. The van der Waals surface area contributed by atoms with Crippen LogP contribution in [0.1, 0.15) is 17.5 Å². The highest BCUT2D eigenvalue weighted by Gasteiger charge is 2.10. The summed E-state index contributed by atoms with van der Waals surface area (Å²) in [5.41, 5.74) is 3.41. The van der Waals surface area contributed by atoms with E-state index in [2.05, 4.69) is 41.5 Å². The smallest absolute Gasteiger partial charge is 0.230 e. The SMILES string of the molecule is Cc1ccc(-n2cnnc2SCC(=O)NCCCSc2ccc(F)cc2)cc1C. The maximum atomic E-state index is 12.9. The number of aromatic nitrogens is 3. The van der Waals surface area contributed by atoms with Crippen molar-refractivity contribution in [3.63, 3.8) is 0 Å². The van der Waals surface area contributed by atoms with E-state index >= 15 is 0 Å². The van der Waals surface area contributed by atoms with Crippen LogP contribution >= 0.6 is 23.5 Å². The summed E-state index contributed by atoms with van der Waals surface area (Å²) in [7, 11) is 0. The topological polar surface area (TPSA) is 59.8 Å². The molecule has 0 unspecified atom stereocenters. The molecule has 0 bridgehead atoms. The molecule has 0 aliphatic rings. The van der Waals surface area contributed by atoms with Crippen molar-refractivity contribution < 1.29 is 9.18 Å². The lowest BCUT2D eigenvalue weighted by atomic mass is 10.1. The van der Waals surface area contributed by atoms with E-state index in [0.717, 1.165) is 22.8 Å². The van der Waals surface area contributed by atoms with E-state index in [1.54, 1.807) is 30.2 Å². The van der Waals surface area contributed by atoms with E-state index in [4.69, 9.17) is 0 Å². The molecule has 1 aromatic heterocycles. The molecule has 0 fully saturated rings. The monoisotopic (exact) mass is 430 g/mol. The van der Waals surface area contributed by atoms with Crippen LogP contribution in [0.3, 0.4) is 0 Å². The molecule has 0 saturated heterocycles. The summed E-state index contributed by atoms with van der Waals surface area (Å²) in [6.45, 7) is 4.75. The first kappa shape index (κ1) is 21.4. The van der Waals surface area contributed by atoms with Gasteiger partial charge in [-0.2, -0.15) is 0 Å². The molecule has 3 aromatic rings. The largest absolute Gasteiger partial charge is 0.355 e. The van der Waals surface area contributed by atoms with Gasteiger partial charge >= 0.3 is 0 Å². The standard InChI is InChI=1S/C21H23FN4OS2/c1-15-4-7-18(12-16(15)2)26-14-24-25-21(26)29-13-20(27)23-10-3-11-28-19-8-5-17(22)6-9-19/h4-9,12,14H,3,10-11,13H2,1-2H3,(H,23,27). The molecular formula is C21H23FN4OS2. The molecule has 2 aromatic carbocycles. The highest BCUT2D eigenvalue weighted by atomic mass is 32.2. The van der Waals surface area contributed by atoms with Gasteiger partial charge in [-0.3, -0.25) is 9.36 Å². The van der Waals surface area contributed by atoms with Gasteiger partial charge in [0.25, 0.3) is 0 Å². The molecule has 0 saturated carbocycles. The zero-order valence-electron chi connectivity index (χ0n) is 16.4. The number of rotatable bonds is 9. The van der Waals surface area contributed by atoms with E-state index in [1.165, 1.54) is 35.0 Å². The van der Waals surface area contributed by atoms with Gasteiger partial charge in [0.2, 0.25) is 5.91 Å². The fourth-order valence-electron chi connectivity index (χ4n) is 2.58. The lowest BCUT2D eigenvalue weighted by Gasteiger charge is -2.09. The van der Waals surface area contributed by atoms with Gasteiger partial charge in [0.15, 0.2) is 5.16 Å². The highest BCUT2D eigenvalue weighted by Crippen LogP contribution is 2.21. The fraction of sp³-hybridized carbons (Fsp3) is 0.286. The second kappa shape index (κ2) is 10.5.